The number of hydrogen-bond donors (Lipinski definition) is 2. The zero-order chi connectivity index (χ0) is 22.7. The Morgan fingerprint density at radius 2 is 1.97 bits per heavy atom. The molecule has 3 atom stereocenters. The normalized spacial score (nSPS) is 20.3. The van der Waals surface area contributed by atoms with Crippen molar-refractivity contribution in [2.45, 2.75) is 26.3 Å². The minimum Gasteiger partial charge on any atom is -0.377 e. The Morgan fingerprint density at radius 1 is 1.25 bits per heavy atom. The van der Waals surface area contributed by atoms with E-state index in [-0.39, 0.29) is 22.4 Å². The van der Waals surface area contributed by atoms with Gasteiger partial charge in [0.2, 0.25) is 5.95 Å². The summed E-state index contributed by atoms with van der Waals surface area (Å²) in [5.41, 5.74) is 8.47. The molecule has 32 heavy (non-hydrogen) atoms. The van der Waals surface area contributed by atoms with Gasteiger partial charge in [0.15, 0.2) is 5.69 Å². The molecule has 1 aliphatic carbocycles. The Hall–Kier alpha value is -3.13. The summed E-state index contributed by atoms with van der Waals surface area (Å²) in [7, 11) is 1.79. The predicted molar refractivity (Wildman–Crippen MR) is 125 cm³/mol. The minimum absolute atomic E-state index is 0.0614. The molecule has 3 unspecified atom stereocenters. The van der Waals surface area contributed by atoms with Crippen LogP contribution in [0.5, 0.6) is 0 Å². The fourth-order valence-corrected chi connectivity index (χ4v) is 4.91. The third kappa shape index (κ3) is 3.48. The average molecular weight is 453 g/mol. The van der Waals surface area contributed by atoms with Gasteiger partial charge in [0, 0.05) is 25.7 Å². The van der Waals surface area contributed by atoms with Crippen LogP contribution in [0.3, 0.4) is 0 Å². The SMILES string of the molecule is Cc1cc(C(C)Nc2ccc(Cl)nc2C(N)=O)c2nc(N3CC4CC4C3)n(C)c(=O)c2c1. The molecule has 0 radical (unpaired) electrons. The summed E-state index contributed by atoms with van der Waals surface area (Å²) in [4.78, 5) is 36.4. The highest BCUT2D eigenvalue weighted by Gasteiger charge is 2.46. The highest BCUT2D eigenvalue weighted by Crippen LogP contribution is 2.46. The van der Waals surface area contributed by atoms with Crippen LogP contribution in [-0.4, -0.2) is 33.5 Å². The van der Waals surface area contributed by atoms with E-state index < -0.39 is 5.91 Å². The molecule has 8 nitrogen and oxygen atoms in total. The number of piperidine rings is 1. The highest BCUT2D eigenvalue weighted by molar-refractivity contribution is 6.29. The van der Waals surface area contributed by atoms with Gasteiger partial charge in [-0.05, 0) is 55.9 Å². The van der Waals surface area contributed by atoms with Gasteiger partial charge in [-0.1, -0.05) is 17.7 Å². The zero-order valence-electron chi connectivity index (χ0n) is 18.2. The Bertz CT molecular complexity index is 1310. The smallest absolute Gasteiger partial charge is 0.269 e. The Balaban J connectivity index is 1.60. The first-order valence-corrected chi connectivity index (χ1v) is 11.1. The first-order chi connectivity index (χ1) is 15.2. The molecule has 3 aromatic rings. The first kappa shape index (κ1) is 20.8. The molecule has 1 aliphatic heterocycles. The number of benzene rings is 1. The van der Waals surface area contributed by atoms with Gasteiger partial charge in [0.25, 0.3) is 11.5 Å². The van der Waals surface area contributed by atoms with Crippen LogP contribution < -0.4 is 21.5 Å². The molecule has 1 saturated carbocycles. The lowest BCUT2D eigenvalue weighted by molar-refractivity contribution is 0.0996. The average Bonchev–Trinajstić information content (AvgIpc) is 3.36. The summed E-state index contributed by atoms with van der Waals surface area (Å²) in [6.07, 6.45) is 1.28. The van der Waals surface area contributed by atoms with Crippen LogP contribution in [0.15, 0.2) is 29.1 Å². The number of primary amides is 1. The number of pyridine rings is 1. The second-order valence-corrected chi connectivity index (χ2v) is 9.33. The molecule has 0 spiro atoms. The number of anilines is 2. The van der Waals surface area contributed by atoms with Gasteiger partial charge < -0.3 is 16.0 Å². The van der Waals surface area contributed by atoms with Gasteiger partial charge in [-0.3, -0.25) is 14.2 Å². The van der Waals surface area contributed by atoms with E-state index in [0.717, 1.165) is 36.1 Å². The van der Waals surface area contributed by atoms with E-state index >= 15 is 0 Å². The van der Waals surface area contributed by atoms with E-state index in [2.05, 4.69) is 15.2 Å². The van der Waals surface area contributed by atoms with Crippen LogP contribution in [0.2, 0.25) is 5.15 Å². The summed E-state index contributed by atoms with van der Waals surface area (Å²) in [6.45, 7) is 5.81. The number of nitrogens with zero attached hydrogens (tertiary/aromatic N) is 4. The maximum atomic E-state index is 13.3. The number of aromatic nitrogens is 3. The van der Waals surface area contributed by atoms with E-state index in [1.807, 2.05) is 26.0 Å². The fraction of sp³-hybridized carbons (Fsp3) is 0.391. The Labute approximate surface area is 190 Å². The quantitative estimate of drug-likeness (QED) is 0.576. The number of carbonyl (C=O) groups excluding carboxylic acids is 1. The second kappa shape index (κ2) is 7.48. The van der Waals surface area contributed by atoms with E-state index in [0.29, 0.717) is 22.5 Å². The Kier molecular flexibility index (Phi) is 4.85. The molecule has 1 aromatic carbocycles. The van der Waals surface area contributed by atoms with Crippen molar-refractivity contribution in [3.05, 3.63) is 56.6 Å². The molecular formula is C23H25ClN6O2. The number of amides is 1. The van der Waals surface area contributed by atoms with Crippen molar-refractivity contribution in [3.8, 4) is 0 Å². The van der Waals surface area contributed by atoms with Crippen molar-refractivity contribution in [3.63, 3.8) is 0 Å². The third-order valence-corrected chi connectivity index (χ3v) is 6.74. The molecule has 3 heterocycles. The lowest BCUT2D eigenvalue weighted by atomic mass is 10.0. The number of aryl methyl sites for hydroxylation is 1. The molecule has 2 aromatic heterocycles. The van der Waals surface area contributed by atoms with Gasteiger partial charge in [0.05, 0.1) is 22.6 Å². The summed E-state index contributed by atoms with van der Waals surface area (Å²) < 4.78 is 1.66. The van der Waals surface area contributed by atoms with Gasteiger partial charge >= 0.3 is 0 Å². The van der Waals surface area contributed by atoms with Crippen molar-refractivity contribution in [2.75, 3.05) is 23.3 Å². The summed E-state index contributed by atoms with van der Waals surface area (Å²) in [5.74, 6) is 1.49. The largest absolute Gasteiger partial charge is 0.377 e. The Morgan fingerprint density at radius 3 is 2.66 bits per heavy atom. The van der Waals surface area contributed by atoms with Crippen LogP contribution >= 0.6 is 11.6 Å². The van der Waals surface area contributed by atoms with Crippen molar-refractivity contribution in [1.29, 1.82) is 0 Å². The van der Waals surface area contributed by atoms with Crippen LogP contribution in [0, 0.1) is 18.8 Å². The van der Waals surface area contributed by atoms with Gasteiger partial charge in [0.1, 0.15) is 5.15 Å². The molecular weight excluding hydrogens is 428 g/mol. The zero-order valence-corrected chi connectivity index (χ0v) is 19.0. The van der Waals surface area contributed by atoms with Crippen molar-refractivity contribution in [1.82, 2.24) is 14.5 Å². The minimum atomic E-state index is -0.668. The van der Waals surface area contributed by atoms with Gasteiger partial charge in [-0.2, -0.15) is 0 Å². The number of rotatable bonds is 5. The number of halogens is 1. The maximum absolute atomic E-state index is 13.3. The molecule has 9 heteroatoms. The molecule has 3 N–H and O–H groups in total. The number of fused-ring (bicyclic) bond motifs is 2. The molecule has 1 amide bonds. The number of hydrogen-bond acceptors (Lipinski definition) is 6. The van der Waals surface area contributed by atoms with Gasteiger partial charge in [-0.25, -0.2) is 9.97 Å². The van der Waals surface area contributed by atoms with Crippen LogP contribution in [0.1, 0.15) is 41.0 Å². The maximum Gasteiger partial charge on any atom is 0.269 e. The summed E-state index contributed by atoms with van der Waals surface area (Å²) >= 11 is 5.94. The molecule has 0 bridgehead atoms. The van der Waals surface area contributed by atoms with Gasteiger partial charge in [-0.15, -0.1) is 0 Å². The van der Waals surface area contributed by atoms with E-state index in [1.54, 1.807) is 23.7 Å². The van der Waals surface area contributed by atoms with E-state index in [9.17, 15) is 9.59 Å². The van der Waals surface area contributed by atoms with Crippen molar-refractivity contribution >= 4 is 40.0 Å². The molecule has 5 rings (SSSR count). The van der Waals surface area contributed by atoms with Crippen LogP contribution in [0.4, 0.5) is 11.6 Å². The van der Waals surface area contributed by atoms with Crippen LogP contribution in [-0.2, 0) is 7.05 Å². The molecule has 2 aliphatic rings. The standard InChI is InChI=1S/C23H25ClN6O2/c1-11-6-15(12(2)26-17-4-5-18(24)27-20(17)21(25)31)19-16(7-11)22(32)29(3)23(28-19)30-9-13-8-14(13)10-30/h4-7,12-14,26H,8-10H2,1-3H3,(H2,25,31). The molecule has 2 fully saturated rings. The first-order valence-electron chi connectivity index (χ1n) is 10.7. The van der Waals surface area contributed by atoms with E-state index in [4.69, 9.17) is 22.3 Å². The van der Waals surface area contributed by atoms with E-state index in [1.165, 1.54) is 6.42 Å². The summed E-state index contributed by atoms with van der Waals surface area (Å²) in [5, 5.41) is 4.08. The lowest BCUT2D eigenvalue weighted by Gasteiger charge is -2.24. The van der Waals surface area contributed by atoms with Crippen molar-refractivity contribution < 1.29 is 4.79 Å². The van der Waals surface area contributed by atoms with Crippen LogP contribution in [0.25, 0.3) is 10.9 Å². The molecule has 1 saturated heterocycles. The molecule has 166 valence electrons. The third-order valence-electron chi connectivity index (χ3n) is 6.53. The topological polar surface area (TPSA) is 106 Å². The lowest BCUT2D eigenvalue weighted by Crippen LogP contribution is -2.31. The monoisotopic (exact) mass is 452 g/mol. The van der Waals surface area contributed by atoms with Crippen molar-refractivity contribution in [2.24, 2.45) is 24.6 Å². The fourth-order valence-electron chi connectivity index (χ4n) is 4.77. The number of nitrogens with two attached hydrogens (primary N) is 1. The number of nitrogens with one attached hydrogen (secondary N) is 1. The number of carbonyl (C=O) groups is 1. The predicted octanol–water partition coefficient (Wildman–Crippen LogP) is 3.02. The second-order valence-electron chi connectivity index (χ2n) is 8.95. The highest BCUT2D eigenvalue weighted by atomic mass is 35.5. The summed E-state index contributed by atoms with van der Waals surface area (Å²) in [6, 6.07) is 6.91.